The molecule has 1 amide bonds. The van der Waals surface area contributed by atoms with Crippen molar-refractivity contribution in [3.8, 4) is 0 Å². The third-order valence-electron chi connectivity index (χ3n) is 3.77. The topological polar surface area (TPSA) is 55.1 Å². The van der Waals surface area contributed by atoms with Crippen molar-refractivity contribution in [1.29, 1.82) is 0 Å². The van der Waals surface area contributed by atoms with E-state index in [1.165, 1.54) is 5.56 Å². The molecule has 1 aromatic carbocycles. The van der Waals surface area contributed by atoms with Crippen LogP contribution in [0.5, 0.6) is 0 Å². The van der Waals surface area contributed by atoms with E-state index < -0.39 is 6.04 Å². The smallest absolute Gasteiger partial charge is 0.237 e. The second-order valence-electron chi connectivity index (χ2n) is 6.56. The zero-order valence-corrected chi connectivity index (χ0v) is 14.0. The van der Waals surface area contributed by atoms with Crippen molar-refractivity contribution in [3.63, 3.8) is 0 Å². The van der Waals surface area contributed by atoms with E-state index in [1.807, 2.05) is 0 Å². The number of nitrogens with one attached hydrogen (secondary N) is 1. The molecule has 0 bridgehead atoms. The van der Waals surface area contributed by atoms with Crippen LogP contribution >= 0.6 is 0 Å². The van der Waals surface area contributed by atoms with E-state index in [2.05, 4.69) is 64.2 Å². The molecule has 1 unspecified atom stereocenters. The fraction of sp³-hybridized carbons (Fsp3) is 0.611. The summed E-state index contributed by atoms with van der Waals surface area (Å²) in [5, 5.41) is 3.11. The first-order chi connectivity index (χ1) is 9.85. The van der Waals surface area contributed by atoms with Crippen LogP contribution in [-0.4, -0.2) is 11.9 Å². The van der Waals surface area contributed by atoms with Gasteiger partial charge in [-0.05, 0) is 35.8 Å². The molecule has 0 aliphatic heterocycles. The summed E-state index contributed by atoms with van der Waals surface area (Å²) in [4.78, 5) is 12.3. The van der Waals surface area contributed by atoms with E-state index in [0.717, 1.165) is 12.0 Å². The van der Waals surface area contributed by atoms with Crippen LogP contribution in [0.15, 0.2) is 24.3 Å². The predicted octanol–water partition coefficient (Wildman–Crippen LogP) is 3.44. The number of nitrogens with two attached hydrogens (primary N) is 1. The van der Waals surface area contributed by atoms with Crippen LogP contribution in [0, 0.1) is 11.8 Å². The molecule has 1 aromatic rings. The van der Waals surface area contributed by atoms with Crippen LogP contribution < -0.4 is 11.1 Å². The summed E-state index contributed by atoms with van der Waals surface area (Å²) in [5.41, 5.74) is 8.43. The van der Waals surface area contributed by atoms with E-state index in [4.69, 9.17) is 5.73 Å². The van der Waals surface area contributed by atoms with E-state index in [0.29, 0.717) is 18.3 Å². The molecular weight excluding hydrogens is 260 g/mol. The number of hydrogen-bond acceptors (Lipinski definition) is 2. The lowest BCUT2D eigenvalue weighted by Gasteiger charge is -2.25. The number of benzene rings is 1. The minimum Gasteiger partial charge on any atom is -0.348 e. The van der Waals surface area contributed by atoms with E-state index in [9.17, 15) is 4.79 Å². The molecule has 3 heteroatoms. The highest BCUT2D eigenvalue weighted by Crippen LogP contribution is 2.22. The quantitative estimate of drug-likeness (QED) is 0.808. The third-order valence-corrected chi connectivity index (χ3v) is 3.77. The number of hydrogen-bond donors (Lipinski definition) is 2. The molecule has 0 aliphatic rings. The monoisotopic (exact) mass is 290 g/mol. The van der Waals surface area contributed by atoms with Gasteiger partial charge < -0.3 is 11.1 Å². The molecule has 1 rings (SSSR count). The molecule has 0 saturated heterocycles. The van der Waals surface area contributed by atoms with Gasteiger partial charge in [0.2, 0.25) is 5.91 Å². The minimum atomic E-state index is -0.429. The Bertz CT molecular complexity index is 437. The summed E-state index contributed by atoms with van der Waals surface area (Å²) in [7, 11) is 0. The van der Waals surface area contributed by atoms with Crippen molar-refractivity contribution in [1.82, 2.24) is 5.32 Å². The summed E-state index contributed by atoms with van der Waals surface area (Å²) in [6.07, 6.45) is 1.74. The second kappa shape index (κ2) is 8.18. The van der Waals surface area contributed by atoms with Gasteiger partial charge >= 0.3 is 0 Å². The SMILES string of the molecule is CCc1ccc(C(NC(=O)[C@@H](N)CC(C)C)C(C)C)cc1. The first kappa shape index (κ1) is 17.7. The summed E-state index contributed by atoms with van der Waals surface area (Å²) in [6.45, 7) is 10.5. The number of amides is 1. The van der Waals surface area contributed by atoms with Crippen molar-refractivity contribution in [2.75, 3.05) is 0 Å². The summed E-state index contributed by atoms with van der Waals surface area (Å²) < 4.78 is 0. The van der Waals surface area contributed by atoms with Crippen LogP contribution in [0.1, 0.15) is 58.2 Å². The molecule has 0 heterocycles. The van der Waals surface area contributed by atoms with Crippen LogP contribution in [-0.2, 0) is 11.2 Å². The van der Waals surface area contributed by atoms with Gasteiger partial charge in [-0.1, -0.05) is 58.9 Å². The van der Waals surface area contributed by atoms with Gasteiger partial charge in [0.15, 0.2) is 0 Å². The Morgan fingerprint density at radius 1 is 1.14 bits per heavy atom. The van der Waals surface area contributed by atoms with Gasteiger partial charge in [-0.3, -0.25) is 4.79 Å². The van der Waals surface area contributed by atoms with Gasteiger partial charge in [-0.2, -0.15) is 0 Å². The van der Waals surface area contributed by atoms with Crippen LogP contribution in [0.3, 0.4) is 0 Å². The maximum absolute atomic E-state index is 12.3. The fourth-order valence-electron chi connectivity index (χ4n) is 2.47. The first-order valence-corrected chi connectivity index (χ1v) is 7.99. The Balaban J connectivity index is 2.79. The minimum absolute atomic E-state index is 0.0154. The zero-order chi connectivity index (χ0) is 16.0. The molecule has 0 fully saturated rings. The summed E-state index contributed by atoms with van der Waals surface area (Å²) in [5.74, 6) is 0.696. The Labute approximate surface area is 129 Å². The Hall–Kier alpha value is -1.35. The molecule has 2 atom stereocenters. The highest BCUT2D eigenvalue weighted by molar-refractivity contribution is 5.81. The molecule has 0 aliphatic carbocycles. The lowest BCUT2D eigenvalue weighted by atomic mass is 9.94. The average Bonchev–Trinajstić information content (AvgIpc) is 2.43. The van der Waals surface area contributed by atoms with Gasteiger partial charge in [0.05, 0.1) is 12.1 Å². The van der Waals surface area contributed by atoms with E-state index >= 15 is 0 Å². The summed E-state index contributed by atoms with van der Waals surface area (Å²) in [6, 6.07) is 8.06. The van der Waals surface area contributed by atoms with Crippen molar-refractivity contribution in [2.24, 2.45) is 17.6 Å². The normalized spacial score (nSPS) is 14.3. The highest BCUT2D eigenvalue weighted by Gasteiger charge is 2.22. The maximum Gasteiger partial charge on any atom is 0.237 e. The number of rotatable bonds is 7. The van der Waals surface area contributed by atoms with Gasteiger partial charge in [0.25, 0.3) is 0 Å². The van der Waals surface area contributed by atoms with Crippen LogP contribution in [0.25, 0.3) is 0 Å². The third kappa shape index (κ3) is 5.50. The summed E-state index contributed by atoms with van der Waals surface area (Å²) >= 11 is 0. The number of aryl methyl sites for hydroxylation is 1. The highest BCUT2D eigenvalue weighted by atomic mass is 16.2. The second-order valence-corrected chi connectivity index (χ2v) is 6.56. The lowest BCUT2D eigenvalue weighted by Crippen LogP contribution is -2.44. The largest absolute Gasteiger partial charge is 0.348 e. The zero-order valence-electron chi connectivity index (χ0n) is 14.0. The molecule has 0 saturated carbocycles. The molecule has 21 heavy (non-hydrogen) atoms. The average molecular weight is 290 g/mol. The number of carbonyl (C=O) groups is 1. The van der Waals surface area contributed by atoms with E-state index in [-0.39, 0.29) is 11.9 Å². The molecule has 3 N–H and O–H groups in total. The van der Waals surface area contributed by atoms with Gasteiger partial charge in [0.1, 0.15) is 0 Å². The van der Waals surface area contributed by atoms with Crippen LogP contribution in [0.2, 0.25) is 0 Å². The molecule has 0 radical (unpaired) electrons. The van der Waals surface area contributed by atoms with Crippen molar-refractivity contribution in [3.05, 3.63) is 35.4 Å². The Kier molecular flexibility index (Phi) is 6.90. The molecular formula is C18H30N2O. The standard InChI is InChI=1S/C18H30N2O/c1-6-14-7-9-15(10-8-14)17(13(4)5)20-18(21)16(19)11-12(2)3/h7-10,12-13,16-17H,6,11,19H2,1-5H3,(H,20,21)/t16-,17?/m0/s1. The fourth-order valence-corrected chi connectivity index (χ4v) is 2.47. The number of carbonyl (C=O) groups excluding carboxylic acids is 1. The van der Waals surface area contributed by atoms with E-state index in [1.54, 1.807) is 0 Å². The Morgan fingerprint density at radius 2 is 1.71 bits per heavy atom. The van der Waals surface area contributed by atoms with Crippen molar-refractivity contribution in [2.45, 2.75) is 59.5 Å². The van der Waals surface area contributed by atoms with Gasteiger partial charge in [-0.15, -0.1) is 0 Å². The Morgan fingerprint density at radius 3 is 2.14 bits per heavy atom. The predicted molar refractivity (Wildman–Crippen MR) is 89.0 cm³/mol. The molecule has 0 aromatic heterocycles. The first-order valence-electron chi connectivity index (χ1n) is 7.99. The molecule has 118 valence electrons. The molecule has 3 nitrogen and oxygen atoms in total. The lowest BCUT2D eigenvalue weighted by molar-refractivity contribution is -0.123. The van der Waals surface area contributed by atoms with Crippen molar-refractivity contribution >= 4 is 5.91 Å². The van der Waals surface area contributed by atoms with Crippen molar-refractivity contribution < 1.29 is 4.79 Å². The van der Waals surface area contributed by atoms with Gasteiger partial charge in [0, 0.05) is 0 Å². The van der Waals surface area contributed by atoms with Gasteiger partial charge in [-0.25, -0.2) is 0 Å². The molecule has 0 spiro atoms. The maximum atomic E-state index is 12.3. The van der Waals surface area contributed by atoms with Crippen LogP contribution in [0.4, 0.5) is 0 Å².